The second-order valence-corrected chi connectivity index (χ2v) is 5.90. The topological polar surface area (TPSA) is 0 Å². The number of hydrogen-bond acceptors (Lipinski definition) is 0. The van der Waals surface area contributed by atoms with Gasteiger partial charge in [-0.05, 0) is 13.8 Å². The third-order valence-corrected chi connectivity index (χ3v) is 1.22. The van der Waals surface area contributed by atoms with Crippen molar-refractivity contribution in [2.45, 2.75) is 13.8 Å². The third kappa shape index (κ3) is 7.42. The van der Waals surface area contributed by atoms with E-state index < -0.39 is 30.8 Å². The van der Waals surface area contributed by atoms with Crippen molar-refractivity contribution in [2.75, 3.05) is 0 Å². The van der Waals surface area contributed by atoms with Crippen molar-refractivity contribution in [2.24, 2.45) is 0 Å². The molecule has 0 aliphatic heterocycles. The molecule has 58 valence electrons. The van der Waals surface area contributed by atoms with E-state index in [2.05, 4.69) is 38.1 Å². The van der Waals surface area contributed by atoms with Crippen LogP contribution in [-0.2, 0) is 0 Å². The molecule has 0 aromatic heterocycles. The molecular weight excluding hydrogens is 207 g/mol. The molecule has 0 radical (unpaired) electrons. The summed E-state index contributed by atoms with van der Waals surface area (Å²) in [7, 11) is 0. The molecule has 0 spiro atoms. The van der Waals surface area contributed by atoms with Gasteiger partial charge in [0.05, 0.1) is 0 Å². The normalized spacial score (nSPS) is 7.64. The van der Waals surface area contributed by atoms with Gasteiger partial charge in [-0.2, -0.15) is 0 Å². The molecule has 0 bridgehead atoms. The van der Waals surface area contributed by atoms with Crippen LogP contribution in [0.5, 0.6) is 0 Å². The van der Waals surface area contributed by atoms with E-state index in [1.807, 2.05) is 0 Å². The van der Waals surface area contributed by atoms with Gasteiger partial charge in [-0.1, -0.05) is 35.4 Å². The van der Waals surface area contributed by atoms with Crippen LogP contribution in [0.2, 0.25) is 0 Å². The first-order valence-electron chi connectivity index (χ1n) is 3.36. The summed E-state index contributed by atoms with van der Waals surface area (Å²) in [5.41, 5.74) is 2.66. The minimum atomic E-state index is -0.931. The van der Waals surface area contributed by atoms with Crippen LogP contribution in [0.3, 0.4) is 0 Å². The van der Waals surface area contributed by atoms with Crippen molar-refractivity contribution in [3.63, 3.8) is 0 Å². The quantitative estimate of drug-likeness (QED) is 0.585. The Morgan fingerprint density at radius 2 is 1.09 bits per heavy atom. The predicted molar refractivity (Wildman–Crippen MR) is 53.4 cm³/mol. The average molecular weight is 217 g/mol. The van der Waals surface area contributed by atoms with Crippen molar-refractivity contribution in [1.29, 1.82) is 0 Å². The maximum absolute atomic E-state index is 4.95. The van der Waals surface area contributed by atoms with Gasteiger partial charge in [-0.3, -0.25) is 0 Å². The van der Waals surface area contributed by atoms with Gasteiger partial charge in [0, 0.05) is 0 Å². The number of hydrogen-bond donors (Lipinski definition) is 0. The fourth-order valence-corrected chi connectivity index (χ4v) is 0.637. The second kappa shape index (κ2) is 7.70. The van der Waals surface area contributed by atoms with E-state index in [0.29, 0.717) is 0 Å². The van der Waals surface area contributed by atoms with Crippen LogP contribution in [0.1, 0.15) is 11.1 Å². The number of rotatable bonds is 0. The average Bonchev–Trinajstić information content (AvgIpc) is 1.97. The van der Waals surface area contributed by atoms with E-state index in [0.717, 1.165) is 0 Å². The molecule has 0 atom stereocenters. The molecule has 0 aliphatic carbocycles. The van der Waals surface area contributed by atoms with E-state index in [1.165, 1.54) is 11.1 Å². The van der Waals surface area contributed by atoms with E-state index >= 15 is 0 Å². The van der Waals surface area contributed by atoms with Crippen LogP contribution in [0.25, 0.3) is 0 Å². The van der Waals surface area contributed by atoms with Crippen LogP contribution in [0, 0.1) is 13.8 Å². The fourth-order valence-electron chi connectivity index (χ4n) is 0.637. The van der Waals surface area contributed by atoms with E-state index in [9.17, 15) is 0 Å². The summed E-state index contributed by atoms with van der Waals surface area (Å²) in [5.74, 6) is 0. The Morgan fingerprint density at radius 3 is 1.27 bits per heavy atom. The second-order valence-electron chi connectivity index (χ2n) is 2.26. The minimum absolute atomic E-state index is 0.931. The van der Waals surface area contributed by atoms with Gasteiger partial charge in [-0.25, -0.2) is 0 Å². The van der Waals surface area contributed by atoms with Crippen LogP contribution in [0.4, 0.5) is 0 Å². The van der Waals surface area contributed by atoms with Crippen molar-refractivity contribution >= 4 is 43.6 Å². The van der Waals surface area contributed by atoms with Crippen LogP contribution in [0.15, 0.2) is 24.3 Å². The van der Waals surface area contributed by atoms with Gasteiger partial charge < -0.3 is 0 Å². The summed E-state index contributed by atoms with van der Waals surface area (Å²) >= 11 is -0.931. The van der Waals surface area contributed by atoms with E-state index in [-0.39, 0.29) is 0 Å². The van der Waals surface area contributed by atoms with Crippen molar-refractivity contribution in [3.8, 4) is 0 Å². The summed E-state index contributed by atoms with van der Waals surface area (Å²) in [6.45, 7) is 4.19. The van der Waals surface area contributed by atoms with Crippen LogP contribution in [-0.4, -0.2) is 30.8 Å². The first-order valence-corrected chi connectivity index (χ1v) is 9.43. The SMILES string of the molecule is Cc1ccc(C)cc1.[Cl][Ca][Cl]. The van der Waals surface area contributed by atoms with Crippen molar-refractivity contribution in [3.05, 3.63) is 35.4 Å². The Balaban J connectivity index is 0.000000292. The Hall–Kier alpha value is 1.06. The molecule has 0 amide bonds. The molecule has 0 nitrogen and oxygen atoms in total. The van der Waals surface area contributed by atoms with Gasteiger partial charge in [0.2, 0.25) is 0 Å². The number of aryl methyl sites for hydroxylation is 2. The number of benzene rings is 1. The molecule has 0 aliphatic rings. The number of halogens is 2. The molecule has 0 saturated heterocycles. The zero-order valence-corrected chi connectivity index (χ0v) is 10.5. The van der Waals surface area contributed by atoms with Crippen LogP contribution < -0.4 is 0 Å². The zero-order valence-electron chi connectivity index (χ0n) is 6.77. The summed E-state index contributed by atoms with van der Waals surface area (Å²) in [4.78, 5) is 0. The summed E-state index contributed by atoms with van der Waals surface area (Å²) in [6.07, 6.45) is 9.90. The maximum atomic E-state index is 4.95. The predicted octanol–water partition coefficient (Wildman–Crippen LogP) is 3.30. The van der Waals surface area contributed by atoms with Gasteiger partial charge >= 0.3 is 43.6 Å². The third-order valence-electron chi connectivity index (χ3n) is 1.22. The van der Waals surface area contributed by atoms with Gasteiger partial charge in [0.15, 0.2) is 0 Å². The first-order chi connectivity index (χ1) is 5.20. The fraction of sp³-hybridized carbons (Fsp3) is 0.250. The molecule has 11 heavy (non-hydrogen) atoms. The zero-order chi connectivity index (χ0) is 8.69. The molecule has 0 heterocycles. The summed E-state index contributed by atoms with van der Waals surface area (Å²) < 4.78 is 0. The monoisotopic (exact) mass is 216 g/mol. The van der Waals surface area contributed by atoms with Gasteiger partial charge in [-0.15, -0.1) is 0 Å². The standard InChI is InChI=1S/C8H10.Ca.2ClH/c1-7-3-5-8(2)6-4-7;;;/h3-6H,1-2H3;;2*1H/q;+2;;/p-2. The molecule has 0 N–H and O–H groups in total. The molecule has 0 fully saturated rings. The van der Waals surface area contributed by atoms with E-state index in [1.54, 1.807) is 0 Å². The molecule has 1 aromatic carbocycles. The molecular formula is C8H10CaCl2. The molecule has 1 aromatic rings. The first kappa shape index (κ1) is 12.1. The molecule has 3 heteroatoms. The van der Waals surface area contributed by atoms with Crippen molar-refractivity contribution < 1.29 is 0 Å². The van der Waals surface area contributed by atoms with Crippen molar-refractivity contribution in [1.82, 2.24) is 0 Å². The van der Waals surface area contributed by atoms with E-state index in [4.69, 9.17) is 12.8 Å². The molecule has 0 unspecified atom stereocenters. The molecule has 1 rings (SSSR count). The summed E-state index contributed by atoms with van der Waals surface area (Å²) in [6, 6.07) is 8.48. The Labute approximate surface area is 91.7 Å². The Bertz CT molecular complexity index is 163. The van der Waals surface area contributed by atoms with Gasteiger partial charge in [0.25, 0.3) is 0 Å². The Morgan fingerprint density at radius 1 is 0.909 bits per heavy atom. The summed E-state index contributed by atoms with van der Waals surface area (Å²) in [5, 5.41) is 0. The van der Waals surface area contributed by atoms with Crippen LogP contribution >= 0.6 is 12.8 Å². The Kier molecular flexibility index (Phi) is 8.44. The van der Waals surface area contributed by atoms with Gasteiger partial charge in [0.1, 0.15) is 0 Å². The molecule has 0 saturated carbocycles.